The molecule has 0 radical (unpaired) electrons. The van der Waals surface area contributed by atoms with Crippen LogP contribution in [0.2, 0.25) is 0 Å². The van der Waals surface area contributed by atoms with Gasteiger partial charge in [0.05, 0.1) is 12.6 Å². The molecule has 1 atom stereocenters. The number of rotatable bonds is 2. The Labute approximate surface area is 114 Å². The molecule has 0 N–H and O–H groups in total. The second kappa shape index (κ2) is 6.23. The summed E-state index contributed by atoms with van der Waals surface area (Å²) in [5.74, 6) is 0.00545. The van der Waals surface area contributed by atoms with Crippen molar-refractivity contribution in [2.24, 2.45) is 0 Å². The largest absolute Gasteiger partial charge is 0.444 e. The number of carbonyl (C=O) groups is 2. The van der Waals surface area contributed by atoms with Crippen LogP contribution in [0, 0.1) is 0 Å². The van der Waals surface area contributed by atoms with Gasteiger partial charge in [0.25, 0.3) is 0 Å². The third kappa shape index (κ3) is 4.70. The summed E-state index contributed by atoms with van der Waals surface area (Å²) in [6, 6.07) is -0.108. The highest BCUT2D eigenvalue weighted by Crippen LogP contribution is 2.15. The number of ether oxygens (including phenoxy) is 2. The second-order valence-electron chi connectivity index (χ2n) is 5.75. The molecule has 2 amide bonds. The summed E-state index contributed by atoms with van der Waals surface area (Å²) in [6.45, 7) is 8.92. The Hall–Kier alpha value is -1.30. The van der Waals surface area contributed by atoms with Gasteiger partial charge in [0.15, 0.2) is 0 Å². The van der Waals surface area contributed by atoms with E-state index >= 15 is 0 Å². The topological polar surface area (TPSA) is 59.1 Å². The number of methoxy groups -OCH3 is 1. The predicted molar refractivity (Wildman–Crippen MR) is 70.9 cm³/mol. The highest BCUT2D eigenvalue weighted by molar-refractivity contribution is 5.74. The first-order chi connectivity index (χ1) is 8.74. The van der Waals surface area contributed by atoms with Gasteiger partial charge in [-0.25, -0.2) is 4.79 Å². The minimum atomic E-state index is -0.508. The van der Waals surface area contributed by atoms with Crippen molar-refractivity contribution in [3.63, 3.8) is 0 Å². The third-order valence-electron chi connectivity index (χ3n) is 2.90. The minimum absolute atomic E-state index is 0.00545. The predicted octanol–water partition coefficient (Wildman–Crippen LogP) is 1.10. The van der Waals surface area contributed by atoms with Gasteiger partial charge in [0, 0.05) is 33.7 Å². The fourth-order valence-corrected chi connectivity index (χ4v) is 2.10. The molecule has 6 nitrogen and oxygen atoms in total. The van der Waals surface area contributed by atoms with Crippen LogP contribution in [0.1, 0.15) is 27.7 Å². The average molecular weight is 272 g/mol. The summed E-state index contributed by atoms with van der Waals surface area (Å²) < 4.78 is 10.5. The number of hydrogen-bond acceptors (Lipinski definition) is 4. The van der Waals surface area contributed by atoms with Crippen LogP contribution in [0.3, 0.4) is 0 Å². The Balaban J connectivity index is 2.65. The molecule has 1 fully saturated rings. The maximum absolute atomic E-state index is 12.0. The highest BCUT2D eigenvalue weighted by atomic mass is 16.6. The molecule has 110 valence electrons. The molecular formula is C13H24N2O4. The lowest BCUT2D eigenvalue weighted by Gasteiger charge is -2.40. The van der Waals surface area contributed by atoms with E-state index < -0.39 is 5.60 Å². The monoisotopic (exact) mass is 272 g/mol. The number of amides is 2. The fraction of sp³-hybridized carbons (Fsp3) is 0.846. The van der Waals surface area contributed by atoms with Crippen LogP contribution < -0.4 is 0 Å². The molecular weight excluding hydrogens is 248 g/mol. The van der Waals surface area contributed by atoms with Crippen molar-refractivity contribution in [1.29, 1.82) is 0 Å². The quantitative estimate of drug-likeness (QED) is 0.755. The lowest BCUT2D eigenvalue weighted by atomic mass is 10.1. The summed E-state index contributed by atoms with van der Waals surface area (Å²) in [5, 5.41) is 0. The van der Waals surface area contributed by atoms with E-state index in [0.717, 1.165) is 0 Å². The smallest absolute Gasteiger partial charge is 0.410 e. The lowest BCUT2D eigenvalue weighted by molar-refractivity contribution is -0.135. The first-order valence-electron chi connectivity index (χ1n) is 6.48. The van der Waals surface area contributed by atoms with Crippen molar-refractivity contribution in [2.75, 3.05) is 33.4 Å². The number of carbonyl (C=O) groups excluding carboxylic acids is 2. The molecule has 0 aromatic carbocycles. The van der Waals surface area contributed by atoms with Crippen LogP contribution in [0.25, 0.3) is 0 Å². The third-order valence-corrected chi connectivity index (χ3v) is 2.90. The van der Waals surface area contributed by atoms with Crippen LogP contribution in [0.15, 0.2) is 0 Å². The van der Waals surface area contributed by atoms with Crippen molar-refractivity contribution in [2.45, 2.75) is 39.3 Å². The van der Waals surface area contributed by atoms with E-state index in [4.69, 9.17) is 9.47 Å². The summed E-state index contributed by atoms with van der Waals surface area (Å²) in [6.07, 6.45) is -0.336. The van der Waals surface area contributed by atoms with Crippen LogP contribution in [-0.2, 0) is 14.3 Å². The first kappa shape index (κ1) is 15.8. The van der Waals surface area contributed by atoms with Gasteiger partial charge < -0.3 is 19.3 Å². The summed E-state index contributed by atoms with van der Waals surface area (Å²) >= 11 is 0. The van der Waals surface area contributed by atoms with Crippen LogP contribution >= 0.6 is 0 Å². The van der Waals surface area contributed by atoms with E-state index in [1.807, 2.05) is 20.8 Å². The SMILES string of the molecule is COCC1CN(C(=O)OC(C)(C)C)CCN1C(C)=O. The van der Waals surface area contributed by atoms with Gasteiger partial charge in [0.2, 0.25) is 5.91 Å². The molecule has 0 bridgehead atoms. The van der Waals surface area contributed by atoms with Gasteiger partial charge in [-0.2, -0.15) is 0 Å². The van der Waals surface area contributed by atoms with Crippen LogP contribution in [0.4, 0.5) is 4.79 Å². The molecule has 0 spiro atoms. The molecule has 0 aromatic rings. The zero-order valence-electron chi connectivity index (χ0n) is 12.4. The second-order valence-corrected chi connectivity index (χ2v) is 5.75. The molecule has 19 heavy (non-hydrogen) atoms. The van der Waals surface area contributed by atoms with Crippen LogP contribution in [-0.4, -0.2) is 66.8 Å². The van der Waals surface area contributed by atoms with Gasteiger partial charge >= 0.3 is 6.09 Å². The first-order valence-corrected chi connectivity index (χ1v) is 6.48. The van der Waals surface area contributed by atoms with Crippen molar-refractivity contribution in [3.05, 3.63) is 0 Å². The summed E-state index contributed by atoms with van der Waals surface area (Å²) in [5.41, 5.74) is -0.508. The van der Waals surface area contributed by atoms with Gasteiger partial charge in [-0.15, -0.1) is 0 Å². The number of piperazine rings is 1. The maximum Gasteiger partial charge on any atom is 0.410 e. The standard InChI is InChI=1S/C13H24N2O4/c1-10(16)15-7-6-14(8-11(15)9-18-5)12(17)19-13(2,3)4/h11H,6-9H2,1-5H3. The molecule has 6 heteroatoms. The van der Waals surface area contributed by atoms with Crippen molar-refractivity contribution in [3.8, 4) is 0 Å². The van der Waals surface area contributed by atoms with Gasteiger partial charge in [-0.3, -0.25) is 4.79 Å². The minimum Gasteiger partial charge on any atom is -0.444 e. The van der Waals surface area contributed by atoms with Gasteiger partial charge in [-0.05, 0) is 20.8 Å². The zero-order valence-corrected chi connectivity index (χ0v) is 12.4. The number of hydrogen-bond donors (Lipinski definition) is 0. The zero-order chi connectivity index (χ0) is 14.6. The van der Waals surface area contributed by atoms with E-state index in [0.29, 0.717) is 26.2 Å². The molecule has 0 aliphatic carbocycles. The Morgan fingerprint density at radius 2 is 1.89 bits per heavy atom. The summed E-state index contributed by atoms with van der Waals surface area (Å²) in [4.78, 5) is 26.9. The van der Waals surface area contributed by atoms with E-state index in [-0.39, 0.29) is 18.0 Å². The van der Waals surface area contributed by atoms with Crippen molar-refractivity contribution >= 4 is 12.0 Å². The molecule has 1 heterocycles. The molecule has 0 saturated carbocycles. The Kier molecular flexibility index (Phi) is 5.17. The maximum atomic E-state index is 12.0. The normalized spacial score (nSPS) is 20.4. The Morgan fingerprint density at radius 3 is 2.37 bits per heavy atom. The molecule has 1 aliphatic heterocycles. The van der Waals surface area contributed by atoms with Gasteiger partial charge in [0.1, 0.15) is 5.60 Å². The van der Waals surface area contributed by atoms with E-state index in [1.54, 1.807) is 16.9 Å². The fourth-order valence-electron chi connectivity index (χ4n) is 2.10. The van der Waals surface area contributed by atoms with Gasteiger partial charge in [-0.1, -0.05) is 0 Å². The highest BCUT2D eigenvalue weighted by Gasteiger charge is 2.32. The molecule has 1 aliphatic rings. The van der Waals surface area contributed by atoms with Crippen molar-refractivity contribution in [1.82, 2.24) is 9.80 Å². The van der Waals surface area contributed by atoms with Crippen LogP contribution in [0.5, 0.6) is 0 Å². The summed E-state index contributed by atoms with van der Waals surface area (Å²) in [7, 11) is 1.59. The van der Waals surface area contributed by atoms with E-state index in [1.165, 1.54) is 6.92 Å². The van der Waals surface area contributed by atoms with E-state index in [2.05, 4.69) is 0 Å². The Morgan fingerprint density at radius 1 is 1.26 bits per heavy atom. The van der Waals surface area contributed by atoms with Crippen molar-refractivity contribution < 1.29 is 19.1 Å². The van der Waals surface area contributed by atoms with E-state index in [9.17, 15) is 9.59 Å². The molecule has 1 unspecified atom stereocenters. The average Bonchev–Trinajstić information content (AvgIpc) is 2.26. The molecule has 1 saturated heterocycles. The molecule has 0 aromatic heterocycles. The molecule has 1 rings (SSSR count). The lowest BCUT2D eigenvalue weighted by Crippen LogP contribution is -2.58. The number of nitrogens with zero attached hydrogens (tertiary/aromatic N) is 2. The Bertz CT molecular complexity index is 338.